The van der Waals surface area contributed by atoms with Gasteiger partial charge in [-0.3, -0.25) is 4.79 Å². The number of aryl methyl sites for hydroxylation is 1. The van der Waals surface area contributed by atoms with Crippen molar-refractivity contribution in [2.75, 3.05) is 13.7 Å². The summed E-state index contributed by atoms with van der Waals surface area (Å²) in [5, 5.41) is 2.90. The molecule has 0 unspecified atom stereocenters. The number of hydrogen-bond donors (Lipinski definition) is 1. The van der Waals surface area contributed by atoms with Gasteiger partial charge in [0.05, 0.1) is 13.5 Å². The monoisotopic (exact) mass is 235 g/mol. The summed E-state index contributed by atoms with van der Waals surface area (Å²) in [6.45, 7) is 6.87. The number of carbonyl (C=O) groups excluding carboxylic acids is 1. The fourth-order valence-electron chi connectivity index (χ4n) is 1.54. The lowest BCUT2D eigenvalue weighted by atomic mass is 10.1. The minimum atomic E-state index is 0.0598. The molecule has 94 valence electrons. The lowest BCUT2D eigenvalue weighted by molar-refractivity contribution is -0.120. The van der Waals surface area contributed by atoms with Crippen molar-refractivity contribution in [3.63, 3.8) is 0 Å². The molecule has 1 aromatic rings. The van der Waals surface area contributed by atoms with Crippen molar-refractivity contribution in [1.82, 2.24) is 5.32 Å². The molecule has 0 aromatic heterocycles. The van der Waals surface area contributed by atoms with E-state index in [0.717, 1.165) is 23.4 Å². The van der Waals surface area contributed by atoms with Crippen LogP contribution in [-0.2, 0) is 11.2 Å². The van der Waals surface area contributed by atoms with Crippen molar-refractivity contribution in [2.45, 2.75) is 27.2 Å². The number of hydrogen-bond acceptors (Lipinski definition) is 2. The third-order valence-corrected chi connectivity index (χ3v) is 2.54. The Kier molecular flexibility index (Phi) is 5.01. The zero-order valence-corrected chi connectivity index (χ0v) is 11.0. The fourth-order valence-corrected chi connectivity index (χ4v) is 1.54. The summed E-state index contributed by atoms with van der Waals surface area (Å²) in [6, 6.07) is 5.86. The average Bonchev–Trinajstić information content (AvgIpc) is 2.29. The third-order valence-electron chi connectivity index (χ3n) is 2.54. The van der Waals surface area contributed by atoms with Gasteiger partial charge < -0.3 is 10.1 Å². The second-order valence-electron chi connectivity index (χ2n) is 4.68. The maximum Gasteiger partial charge on any atom is 0.224 e. The van der Waals surface area contributed by atoms with Gasteiger partial charge in [0.1, 0.15) is 5.75 Å². The van der Waals surface area contributed by atoms with E-state index < -0.39 is 0 Å². The lowest BCUT2D eigenvalue weighted by Crippen LogP contribution is -2.28. The first kappa shape index (κ1) is 13.6. The number of carbonyl (C=O) groups is 1. The maximum atomic E-state index is 11.6. The number of benzene rings is 1. The molecule has 0 fully saturated rings. The van der Waals surface area contributed by atoms with Crippen LogP contribution in [0.5, 0.6) is 5.75 Å². The van der Waals surface area contributed by atoms with E-state index in [1.165, 1.54) is 0 Å². The molecule has 0 spiro atoms. The van der Waals surface area contributed by atoms with Crippen LogP contribution in [0.4, 0.5) is 0 Å². The topological polar surface area (TPSA) is 38.3 Å². The highest BCUT2D eigenvalue weighted by Crippen LogP contribution is 2.19. The Bertz CT molecular complexity index is 386. The van der Waals surface area contributed by atoms with Crippen molar-refractivity contribution in [3.05, 3.63) is 29.3 Å². The van der Waals surface area contributed by atoms with Crippen molar-refractivity contribution < 1.29 is 9.53 Å². The first-order chi connectivity index (χ1) is 8.02. The van der Waals surface area contributed by atoms with E-state index in [1.54, 1.807) is 7.11 Å². The molecule has 0 saturated carbocycles. The molecule has 3 heteroatoms. The van der Waals surface area contributed by atoms with E-state index in [1.807, 2.05) is 25.1 Å². The summed E-state index contributed by atoms with van der Waals surface area (Å²) < 4.78 is 5.23. The van der Waals surface area contributed by atoms with Crippen molar-refractivity contribution in [1.29, 1.82) is 0 Å². The molecule has 1 amide bonds. The predicted octanol–water partition coefficient (Wildman–Crippen LogP) is 2.32. The van der Waals surface area contributed by atoms with Gasteiger partial charge >= 0.3 is 0 Å². The minimum absolute atomic E-state index is 0.0598. The third kappa shape index (κ3) is 4.47. The van der Waals surface area contributed by atoms with Gasteiger partial charge in [0, 0.05) is 6.54 Å². The molecule has 3 nitrogen and oxygen atoms in total. The van der Waals surface area contributed by atoms with Gasteiger partial charge in [0.25, 0.3) is 0 Å². The van der Waals surface area contributed by atoms with Gasteiger partial charge in [0.2, 0.25) is 5.91 Å². The van der Waals surface area contributed by atoms with Gasteiger partial charge in [-0.1, -0.05) is 26.0 Å². The highest BCUT2D eigenvalue weighted by molar-refractivity contribution is 5.78. The zero-order valence-electron chi connectivity index (χ0n) is 11.0. The molecular weight excluding hydrogens is 214 g/mol. The number of rotatable bonds is 5. The molecule has 0 aliphatic rings. The molecule has 0 radical (unpaired) electrons. The fraction of sp³-hybridized carbons (Fsp3) is 0.500. The average molecular weight is 235 g/mol. The Morgan fingerprint density at radius 3 is 2.71 bits per heavy atom. The molecule has 0 atom stereocenters. The molecule has 1 rings (SSSR count). The van der Waals surface area contributed by atoms with Gasteiger partial charge in [-0.05, 0) is 30.0 Å². The molecule has 0 aliphatic heterocycles. The van der Waals surface area contributed by atoms with E-state index in [2.05, 4.69) is 19.2 Å². The van der Waals surface area contributed by atoms with Crippen LogP contribution in [0, 0.1) is 12.8 Å². The standard InChI is InChI=1S/C14H21NO2/c1-10(2)9-15-14(16)8-12-6-5-11(3)13(7-12)17-4/h5-7,10H,8-9H2,1-4H3,(H,15,16). The molecule has 0 heterocycles. The summed E-state index contributed by atoms with van der Waals surface area (Å²) in [7, 11) is 1.64. The normalized spacial score (nSPS) is 10.4. The first-order valence-electron chi connectivity index (χ1n) is 5.93. The maximum absolute atomic E-state index is 11.6. The van der Waals surface area contributed by atoms with E-state index in [0.29, 0.717) is 12.3 Å². The largest absolute Gasteiger partial charge is 0.496 e. The van der Waals surface area contributed by atoms with E-state index >= 15 is 0 Å². The van der Waals surface area contributed by atoms with E-state index in [-0.39, 0.29) is 5.91 Å². The second-order valence-corrected chi connectivity index (χ2v) is 4.68. The van der Waals surface area contributed by atoms with Gasteiger partial charge in [-0.25, -0.2) is 0 Å². The van der Waals surface area contributed by atoms with Crippen LogP contribution in [0.2, 0.25) is 0 Å². The van der Waals surface area contributed by atoms with Crippen LogP contribution in [0.25, 0.3) is 0 Å². The van der Waals surface area contributed by atoms with E-state index in [9.17, 15) is 4.79 Å². The Hall–Kier alpha value is -1.51. The molecule has 0 bridgehead atoms. The quantitative estimate of drug-likeness (QED) is 0.850. The Morgan fingerprint density at radius 2 is 2.12 bits per heavy atom. The van der Waals surface area contributed by atoms with Gasteiger partial charge in [0.15, 0.2) is 0 Å². The van der Waals surface area contributed by atoms with Crippen molar-refractivity contribution in [2.24, 2.45) is 5.92 Å². The van der Waals surface area contributed by atoms with Gasteiger partial charge in [-0.15, -0.1) is 0 Å². The van der Waals surface area contributed by atoms with E-state index in [4.69, 9.17) is 4.74 Å². The Labute approximate surface area is 103 Å². The molecule has 0 aliphatic carbocycles. The highest BCUT2D eigenvalue weighted by atomic mass is 16.5. The molecule has 1 N–H and O–H groups in total. The smallest absolute Gasteiger partial charge is 0.224 e. The Morgan fingerprint density at radius 1 is 1.41 bits per heavy atom. The minimum Gasteiger partial charge on any atom is -0.496 e. The van der Waals surface area contributed by atoms with Crippen molar-refractivity contribution in [3.8, 4) is 5.75 Å². The van der Waals surface area contributed by atoms with Crippen LogP contribution >= 0.6 is 0 Å². The van der Waals surface area contributed by atoms with Crippen LogP contribution < -0.4 is 10.1 Å². The molecule has 17 heavy (non-hydrogen) atoms. The second kappa shape index (κ2) is 6.28. The number of nitrogens with one attached hydrogen (secondary N) is 1. The van der Waals surface area contributed by atoms with Crippen LogP contribution in [0.15, 0.2) is 18.2 Å². The zero-order chi connectivity index (χ0) is 12.8. The van der Waals surface area contributed by atoms with Crippen molar-refractivity contribution >= 4 is 5.91 Å². The first-order valence-corrected chi connectivity index (χ1v) is 5.93. The molecule has 0 saturated heterocycles. The summed E-state index contributed by atoms with van der Waals surface area (Å²) in [5.74, 6) is 1.37. The summed E-state index contributed by atoms with van der Waals surface area (Å²) in [6.07, 6.45) is 0.406. The summed E-state index contributed by atoms with van der Waals surface area (Å²) in [5.41, 5.74) is 2.06. The van der Waals surface area contributed by atoms with Crippen LogP contribution in [0.3, 0.4) is 0 Å². The number of amides is 1. The number of methoxy groups -OCH3 is 1. The highest BCUT2D eigenvalue weighted by Gasteiger charge is 2.06. The van der Waals surface area contributed by atoms with Crippen LogP contribution in [0.1, 0.15) is 25.0 Å². The SMILES string of the molecule is COc1cc(CC(=O)NCC(C)C)ccc1C. The molecule has 1 aromatic carbocycles. The summed E-state index contributed by atoms with van der Waals surface area (Å²) in [4.78, 5) is 11.6. The molecular formula is C14H21NO2. The Balaban J connectivity index is 2.59. The lowest BCUT2D eigenvalue weighted by Gasteiger charge is -2.09. The van der Waals surface area contributed by atoms with Crippen LogP contribution in [-0.4, -0.2) is 19.6 Å². The number of ether oxygens (including phenoxy) is 1. The summed E-state index contributed by atoms with van der Waals surface area (Å²) >= 11 is 0. The predicted molar refractivity (Wildman–Crippen MR) is 69.3 cm³/mol. The van der Waals surface area contributed by atoms with Gasteiger partial charge in [-0.2, -0.15) is 0 Å².